The molecule has 0 saturated carbocycles. The fourth-order valence-electron chi connectivity index (χ4n) is 3.68. The normalized spacial score (nSPS) is 16.1. The van der Waals surface area contributed by atoms with Gasteiger partial charge >= 0.3 is 0 Å². The van der Waals surface area contributed by atoms with Gasteiger partial charge in [0.1, 0.15) is 9.53 Å². The number of halogens is 1. The summed E-state index contributed by atoms with van der Waals surface area (Å²) in [6.45, 7) is 1.11. The van der Waals surface area contributed by atoms with Gasteiger partial charge in [-0.3, -0.25) is 14.2 Å². The second-order valence-corrected chi connectivity index (χ2v) is 9.75. The predicted octanol–water partition coefficient (Wildman–Crippen LogP) is 4.57. The van der Waals surface area contributed by atoms with Crippen LogP contribution in [0.1, 0.15) is 12.8 Å². The van der Waals surface area contributed by atoms with E-state index < -0.39 is 0 Å². The van der Waals surface area contributed by atoms with E-state index in [1.807, 2.05) is 12.1 Å². The monoisotopic (exact) mass is 486 g/mol. The molecule has 0 radical (unpaired) electrons. The van der Waals surface area contributed by atoms with E-state index >= 15 is 0 Å². The molecule has 1 unspecified atom stereocenters. The molecule has 4 heterocycles. The minimum atomic E-state index is -0.224. The first kappa shape index (κ1) is 21.4. The van der Waals surface area contributed by atoms with Crippen LogP contribution in [0.3, 0.4) is 0 Å². The van der Waals surface area contributed by atoms with Crippen molar-refractivity contribution < 1.29 is 9.53 Å². The second kappa shape index (κ2) is 9.19. The Morgan fingerprint density at radius 2 is 2.19 bits per heavy atom. The molecule has 1 atom stereocenters. The Morgan fingerprint density at radius 3 is 3.00 bits per heavy atom. The molecule has 1 saturated heterocycles. The molecule has 4 aromatic rings. The van der Waals surface area contributed by atoms with Gasteiger partial charge in [-0.1, -0.05) is 35.5 Å². The van der Waals surface area contributed by atoms with Crippen molar-refractivity contribution >= 4 is 66.7 Å². The van der Waals surface area contributed by atoms with E-state index in [0.717, 1.165) is 23.1 Å². The van der Waals surface area contributed by atoms with Gasteiger partial charge in [0.2, 0.25) is 5.91 Å². The molecule has 164 valence electrons. The Hall–Kier alpha value is -2.46. The minimum absolute atomic E-state index is 0.0317. The fourth-order valence-corrected chi connectivity index (χ4v) is 5.70. The lowest BCUT2D eigenvalue weighted by molar-refractivity contribution is -0.113. The molecule has 1 aromatic carbocycles. The summed E-state index contributed by atoms with van der Waals surface area (Å²) in [6, 6.07) is 10.8. The second-order valence-electron chi connectivity index (χ2n) is 7.40. The predicted molar refractivity (Wildman–Crippen MR) is 129 cm³/mol. The highest BCUT2D eigenvalue weighted by molar-refractivity contribution is 7.99. The van der Waals surface area contributed by atoms with Crippen molar-refractivity contribution in [2.45, 2.75) is 30.6 Å². The number of benzene rings is 1. The largest absolute Gasteiger partial charge is 0.376 e. The van der Waals surface area contributed by atoms with Crippen LogP contribution in [0.5, 0.6) is 0 Å². The zero-order valence-corrected chi connectivity index (χ0v) is 19.3. The first-order valence-electron chi connectivity index (χ1n) is 10.2. The SMILES string of the molecule is O=C(CSc1nc2c(sc3ncccc32)c(=O)n1CC1CCCO1)Nc1ccccc1Cl. The molecule has 1 fully saturated rings. The van der Waals surface area contributed by atoms with Gasteiger partial charge in [-0.25, -0.2) is 9.97 Å². The van der Waals surface area contributed by atoms with Crippen molar-refractivity contribution in [1.29, 1.82) is 0 Å². The number of pyridine rings is 1. The van der Waals surface area contributed by atoms with E-state index in [4.69, 9.17) is 21.3 Å². The van der Waals surface area contributed by atoms with E-state index in [0.29, 0.717) is 39.2 Å². The molecule has 3 aromatic heterocycles. The Balaban J connectivity index is 1.48. The molecule has 1 aliphatic heterocycles. The van der Waals surface area contributed by atoms with Crippen molar-refractivity contribution in [2.24, 2.45) is 0 Å². The van der Waals surface area contributed by atoms with Gasteiger partial charge in [0, 0.05) is 18.2 Å². The molecule has 1 amide bonds. The third kappa shape index (κ3) is 4.25. The fraction of sp³-hybridized carbons (Fsp3) is 0.273. The quantitative estimate of drug-likeness (QED) is 0.317. The lowest BCUT2D eigenvalue weighted by Gasteiger charge is -2.15. The maximum absolute atomic E-state index is 13.4. The number of rotatable bonds is 6. The van der Waals surface area contributed by atoms with Gasteiger partial charge in [-0.05, 0) is 37.1 Å². The first-order valence-corrected chi connectivity index (χ1v) is 12.3. The number of carbonyl (C=O) groups excluding carboxylic acids is 1. The molecule has 5 rings (SSSR count). The molecule has 1 N–H and O–H groups in total. The van der Waals surface area contributed by atoms with E-state index in [1.165, 1.54) is 23.1 Å². The molecule has 1 aliphatic rings. The van der Waals surface area contributed by atoms with Gasteiger partial charge < -0.3 is 10.1 Å². The van der Waals surface area contributed by atoms with Gasteiger partial charge in [-0.2, -0.15) is 0 Å². The number of nitrogens with zero attached hydrogens (tertiary/aromatic N) is 3. The van der Waals surface area contributed by atoms with Gasteiger partial charge in [0.25, 0.3) is 5.56 Å². The van der Waals surface area contributed by atoms with Crippen LogP contribution in [-0.2, 0) is 16.1 Å². The maximum atomic E-state index is 13.4. The molecule has 32 heavy (non-hydrogen) atoms. The summed E-state index contributed by atoms with van der Waals surface area (Å²) in [5, 5.41) is 4.62. The van der Waals surface area contributed by atoms with Crippen LogP contribution in [0.2, 0.25) is 5.02 Å². The summed E-state index contributed by atoms with van der Waals surface area (Å²) in [5.41, 5.74) is 1.05. The summed E-state index contributed by atoms with van der Waals surface area (Å²) < 4.78 is 7.97. The Morgan fingerprint density at radius 1 is 1.31 bits per heavy atom. The van der Waals surface area contributed by atoms with Crippen molar-refractivity contribution in [3.05, 3.63) is 58.0 Å². The van der Waals surface area contributed by atoms with Gasteiger partial charge in [-0.15, -0.1) is 11.3 Å². The summed E-state index contributed by atoms with van der Waals surface area (Å²) in [6.07, 6.45) is 3.55. The molecule has 10 heteroatoms. The van der Waals surface area contributed by atoms with Crippen LogP contribution in [-0.4, -0.2) is 38.9 Å². The van der Waals surface area contributed by atoms with Crippen LogP contribution in [0.25, 0.3) is 20.4 Å². The van der Waals surface area contributed by atoms with Crippen molar-refractivity contribution in [1.82, 2.24) is 14.5 Å². The average Bonchev–Trinajstić information content (AvgIpc) is 3.44. The van der Waals surface area contributed by atoms with Gasteiger partial charge in [0.15, 0.2) is 5.16 Å². The molecule has 0 bridgehead atoms. The number of ether oxygens (including phenoxy) is 1. The van der Waals surface area contributed by atoms with Crippen LogP contribution >= 0.6 is 34.7 Å². The number of thiophene rings is 1. The highest BCUT2D eigenvalue weighted by Crippen LogP contribution is 2.31. The molecular weight excluding hydrogens is 468 g/mol. The maximum Gasteiger partial charge on any atom is 0.272 e. The van der Waals surface area contributed by atoms with Crippen molar-refractivity contribution in [3.63, 3.8) is 0 Å². The van der Waals surface area contributed by atoms with E-state index in [1.54, 1.807) is 35.0 Å². The molecule has 0 spiro atoms. The van der Waals surface area contributed by atoms with Crippen LogP contribution < -0.4 is 10.9 Å². The number of para-hydroxylation sites is 1. The number of anilines is 1. The number of aromatic nitrogens is 3. The number of hydrogen-bond donors (Lipinski definition) is 1. The van der Waals surface area contributed by atoms with Crippen LogP contribution in [0.4, 0.5) is 5.69 Å². The molecule has 7 nitrogen and oxygen atoms in total. The Labute approximate surface area is 196 Å². The lowest BCUT2D eigenvalue weighted by Crippen LogP contribution is -2.28. The standard InChI is InChI=1S/C22H19ClN4O3S2/c23-15-7-1-2-8-16(15)25-17(28)12-31-22-26-18-14-6-3-9-24-20(14)32-19(18)21(29)27(22)11-13-5-4-10-30-13/h1-3,6-9,13H,4-5,10-12H2,(H,25,28). The summed E-state index contributed by atoms with van der Waals surface area (Å²) in [7, 11) is 0. The number of carbonyl (C=O) groups is 1. The smallest absolute Gasteiger partial charge is 0.272 e. The van der Waals surface area contributed by atoms with Gasteiger partial charge in [0.05, 0.1) is 34.6 Å². The first-order chi connectivity index (χ1) is 15.6. The highest BCUT2D eigenvalue weighted by atomic mass is 35.5. The van der Waals surface area contributed by atoms with Crippen molar-refractivity contribution in [3.8, 4) is 0 Å². The minimum Gasteiger partial charge on any atom is -0.376 e. The van der Waals surface area contributed by atoms with Crippen molar-refractivity contribution in [2.75, 3.05) is 17.7 Å². The van der Waals surface area contributed by atoms with E-state index in [9.17, 15) is 9.59 Å². The summed E-state index contributed by atoms with van der Waals surface area (Å²) >= 11 is 8.71. The number of nitrogens with one attached hydrogen (secondary N) is 1. The third-order valence-corrected chi connectivity index (χ3v) is 7.61. The summed E-state index contributed by atoms with van der Waals surface area (Å²) in [5.74, 6) is -0.132. The summed E-state index contributed by atoms with van der Waals surface area (Å²) in [4.78, 5) is 35.9. The molecular formula is C22H19ClN4O3S2. The number of hydrogen-bond acceptors (Lipinski definition) is 7. The average molecular weight is 487 g/mol. The van der Waals surface area contributed by atoms with E-state index in [2.05, 4.69) is 10.3 Å². The highest BCUT2D eigenvalue weighted by Gasteiger charge is 2.22. The van der Waals surface area contributed by atoms with Crippen LogP contribution in [0.15, 0.2) is 52.5 Å². The number of amides is 1. The Kier molecular flexibility index (Phi) is 6.14. The number of fused-ring (bicyclic) bond motifs is 3. The number of thioether (sulfide) groups is 1. The third-order valence-electron chi connectivity index (χ3n) is 5.21. The lowest BCUT2D eigenvalue weighted by atomic mass is 10.2. The van der Waals surface area contributed by atoms with E-state index in [-0.39, 0.29) is 23.3 Å². The van der Waals surface area contributed by atoms with Crippen LogP contribution in [0, 0.1) is 0 Å². The zero-order valence-electron chi connectivity index (χ0n) is 16.9. The Bertz CT molecular complexity index is 1360. The molecule has 0 aliphatic carbocycles. The topological polar surface area (TPSA) is 86.1 Å². The zero-order chi connectivity index (χ0) is 22.1.